The second-order valence-corrected chi connectivity index (χ2v) is 8.87. The van der Waals surface area contributed by atoms with Gasteiger partial charge < -0.3 is 14.5 Å². The molecule has 6 heteroatoms. The maximum atomic E-state index is 13.5. The highest BCUT2D eigenvalue weighted by Gasteiger charge is 2.30. The molecule has 0 aromatic heterocycles. The van der Waals surface area contributed by atoms with E-state index >= 15 is 0 Å². The Kier molecular flexibility index (Phi) is 6.68. The minimum absolute atomic E-state index is 0.234. The molecule has 1 fully saturated rings. The van der Waals surface area contributed by atoms with E-state index in [0.717, 1.165) is 24.1 Å². The lowest BCUT2D eigenvalue weighted by atomic mass is 10.0. The van der Waals surface area contributed by atoms with Gasteiger partial charge in [-0.2, -0.15) is 0 Å². The summed E-state index contributed by atoms with van der Waals surface area (Å²) < 4.78 is 19.0. The van der Waals surface area contributed by atoms with Gasteiger partial charge in [-0.05, 0) is 75.6 Å². The quantitative estimate of drug-likeness (QED) is 0.621. The minimum Gasteiger partial charge on any atom is -0.444 e. The fraction of sp³-hybridized carbons (Fsp3) is 0.435. The van der Waals surface area contributed by atoms with E-state index in [1.54, 1.807) is 17.0 Å². The van der Waals surface area contributed by atoms with Gasteiger partial charge in [-0.1, -0.05) is 23.7 Å². The summed E-state index contributed by atoms with van der Waals surface area (Å²) in [5.74, 6) is -0.254. The molecule has 2 aromatic carbocycles. The lowest BCUT2D eigenvalue weighted by molar-refractivity contribution is 0.0204. The molecule has 3 rings (SSSR count). The minimum atomic E-state index is -0.499. The first-order valence-electron chi connectivity index (χ1n) is 9.96. The molecule has 0 saturated carbocycles. The number of benzene rings is 2. The van der Waals surface area contributed by atoms with Crippen molar-refractivity contribution in [1.29, 1.82) is 0 Å². The van der Waals surface area contributed by atoms with Crippen molar-refractivity contribution in [2.45, 2.75) is 51.8 Å². The van der Waals surface area contributed by atoms with Gasteiger partial charge in [0.25, 0.3) is 0 Å². The molecule has 1 aliphatic heterocycles. The van der Waals surface area contributed by atoms with Crippen molar-refractivity contribution in [2.24, 2.45) is 0 Å². The second-order valence-electron chi connectivity index (χ2n) is 8.43. The van der Waals surface area contributed by atoms with Gasteiger partial charge in [0.2, 0.25) is 0 Å². The maximum Gasteiger partial charge on any atom is 0.410 e. The van der Waals surface area contributed by atoms with Crippen LogP contribution in [0, 0.1) is 5.82 Å². The number of rotatable bonds is 4. The van der Waals surface area contributed by atoms with Crippen LogP contribution in [-0.2, 0) is 11.3 Å². The first kappa shape index (κ1) is 21.4. The van der Waals surface area contributed by atoms with Crippen LogP contribution < -0.4 is 4.90 Å². The smallest absolute Gasteiger partial charge is 0.410 e. The van der Waals surface area contributed by atoms with Crippen LogP contribution in [0.25, 0.3) is 0 Å². The number of anilines is 1. The van der Waals surface area contributed by atoms with Crippen molar-refractivity contribution in [3.63, 3.8) is 0 Å². The second kappa shape index (κ2) is 9.04. The first-order valence-corrected chi connectivity index (χ1v) is 10.3. The van der Waals surface area contributed by atoms with E-state index in [0.29, 0.717) is 24.7 Å². The molecule has 4 nitrogen and oxygen atoms in total. The molecule has 0 atom stereocenters. The Hall–Kier alpha value is -2.27. The van der Waals surface area contributed by atoms with Gasteiger partial charge in [0.15, 0.2) is 0 Å². The topological polar surface area (TPSA) is 32.8 Å². The predicted octanol–water partition coefficient (Wildman–Crippen LogP) is 5.89. The first-order chi connectivity index (χ1) is 13.7. The number of halogens is 2. The number of carbonyl (C=O) groups is 1. The van der Waals surface area contributed by atoms with Crippen LogP contribution in [0.5, 0.6) is 0 Å². The fourth-order valence-electron chi connectivity index (χ4n) is 3.58. The summed E-state index contributed by atoms with van der Waals surface area (Å²) >= 11 is 6.16. The fourth-order valence-corrected chi connectivity index (χ4v) is 3.80. The summed E-state index contributed by atoms with van der Waals surface area (Å²) in [5.41, 5.74) is 1.55. The number of piperidine rings is 1. The van der Waals surface area contributed by atoms with Crippen molar-refractivity contribution < 1.29 is 13.9 Å². The third-order valence-corrected chi connectivity index (χ3v) is 5.19. The van der Waals surface area contributed by atoms with Crippen LogP contribution in [-0.4, -0.2) is 35.7 Å². The number of amides is 1. The molecular formula is C23H28ClFN2O2. The number of nitrogens with zero attached hydrogens (tertiary/aromatic N) is 2. The summed E-state index contributed by atoms with van der Waals surface area (Å²) in [6.45, 7) is 7.56. The summed E-state index contributed by atoms with van der Waals surface area (Å²) in [4.78, 5) is 16.4. The van der Waals surface area contributed by atoms with E-state index in [4.69, 9.17) is 16.3 Å². The maximum absolute atomic E-state index is 13.5. The molecule has 29 heavy (non-hydrogen) atoms. The Morgan fingerprint density at radius 2 is 1.83 bits per heavy atom. The van der Waals surface area contributed by atoms with E-state index in [9.17, 15) is 9.18 Å². The van der Waals surface area contributed by atoms with Crippen LogP contribution in [0.4, 0.5) is 14.9 Å². The van der Waals surface area contributed by atoms with Crippen molar-refractivity contribution in [2.75, 3.05) is 18.0 Å². The summed E-state index contributed by atoms with van der Waals surface area (Å²) in [6.07, 6.45) is 1.37. The zero-order valence-electron chi connectivity index (χ0n) is 17.2. The number of carbonyl (C=O) groups excluding carboxylic acids is 1. The zero-order chi connectivity index (χ0) is 21.0. The number of ether oxygens (including phenoxy) is 1. The number of hydrogen-bond acceptors (Lipinski definition) is 3. The lowest BCUT2D eigenvalue weighted by Gasteiger charge is -2.40. The Morgan fingerprint density at radius 3 is 2.41 bits per heavy atom. The van der Waals surface area contributed by atoms with Crippen molar-refractivity contribution >= 4 is 23.4 Å². The molecule has 0 unspecified atom stereocenters. The monoisotopic (exact) mass is 418 g/mol. The van der Waals surface area contributed by atoms with Gasteiger partial charge in [-0.15, -0.1) is 0 Å². The third kappa shape index (κ3) is 6.10. The van der Waals surface area contributed by atoms with Gasteiger partial charge in [0.05, 0.1) is 0 Å². The van der Waals surface area contributed by atoms with Crippen LogP contribution in [0.1, 0.15) is 39.2 Å². The van der Waals surface area contributed by atoms with E-state index < -0.39 is 5.60 Å². The van der Waals surface area contributed by atoms with Crippen LogP contribution in [0.2, 0.25) is 5.02 Å². The largest absolute Gasteiger partial charge is 0.444 e. The SMILES string of the molecule is CC(C)(C)OC(=O)N1CCC(N(Cc2cccc(Cl)c2)c2ccc(F)cc2)CC1. The molecule has 0 bridgehead atoms. The van der Waals surface area contributed by atoms with E-state index in [1.165, 1.54) is 12.1 Å². The van der Waals surface area contributed by atoms with Crippen molar-refractivity contribution in [1.82, 2.24) is 4.90 Å². The average molecular weight is 419 g/mol. The summed E-state index contributed by atoms with van der Waals surface area (Å²) in [7, 11) is 0. The Bertz CT molecular complexity index is 828. The normalized spacial score (nSPS) is 15.3. The molecule has 156 valence electrons. The molecule has 0 aliphatic carbocycles. The van der Waals surface area contributed by atoms with E-state index in [2.05, 4.69) is 4.90 Å². The Morgan fingerprint density at radius 1 is 1.17 bits per heavy atom. The van der Waals surface area contributed by atoms with Crippen molar-refractivity contribution in [3.05, 3.63) is 64.9 Å². The standard InChI is InChI=1S/C23H28ClFN2O2/c1-23(2,3)29-22(28)26-13-11-21(12-14-26)27(20-9-7-19(25)8-10-20)16-17-5-4-6-18(24)15-17/h4-10,15,21H,11-14,16H2,1-3H3. The van der Waals surface area contributed by atoms with Crippen LogP contribution in [0.15, 0.2) is 48.5 Å². The molecule has 0 spiro atoms. The van der Waals surface area contributed by atoms with Gasteiger partial charge in [0.1, 0.15) is 11.4 Å². The van der Waals surface area contributed by atoms with Crippen LogP contribution in [0.3, 0.4) is 0 Å². The Balaban J connectivity index is 1.73. The predicted molar refractivity (Wildman–Crippen MR) is 115 cm³/mol. The molecule has 1 aliphatic rings. The summed E-state index contributed by atoms with van der Waals surface area (Å²) in [6, 6.07) is 14.6. The molecule has 2 aromatic rings. The molecule has 1 heterocycles. The van der Waals surface area contributed by atoms with Crippen molar-refractivity contribution in [3.8, 4) is 0 Å². The number of likely N-dealkylation sites (tertiary alicyclic amines) is 1. The van der Waals surface area contributed by atoms with E-state index in [-0.39, 0.29) is 18.0 Å². The molecule has 0 N–H and O–H groups in total. The average Bonchev–Trinajstić information content (AvgIpc) is 2.66. The highest BCUT2D eigenvalue weighted by atomic mass is 35.5. The van der Waals surface area contributed by atoms with Gasteiger partial charge in [0, 0.05) is 36.4 Å². The van der Waals surface area contributed by atoms with Gasteiger partial charge in [-0.3, -0.25) is 0 Å². The molecular weight excluding hydrogens is 391 g/mol. The third-order valence-electron chi connectivity index (χ3n) is 4.96. The van der Waals surface area contributed by atoms with Gasteiger partial charge >= 0.3 is 6.09 Å². The van der Waals surface area contributed by atoms with E-state index in [1.807, 2.05) is 45.0 Å². The lowest BCUT2D eigenvalue weighted by Crippen LogP contribution is -2.48. The van der Waals surface area contributed by atoms with Crippen LogP contribution >= 0.6 is 11.6 Å². The number of hydrogen-bond donors (Lipinski definition) is 0. The highest BCUT2D eigenvalue weighted by Crippen LogP contribution is 2.27. The van der Waals surface area contributed by atoms with Gasteiger partial charge in [-0.25, -0.2) is 9.18 Å². The summed E-state index contributed by atoms with van der Waals surface area (Å²) in [5, 5.41) is 0.696. The zero-order valence-corrected chi connectivity index (χ0v) is 18.0. The molecule has 1 saturated heterocycles. The molecule has 1 amide bonds. The Labute approximate surface area is 177 Å². The highest BCUT2D eigenvalue weighted by molar-refractivity contribution is 6.30. The molecule has 0 radical (unpaired) electrons.